The highest BCUT2D eigenvalue weighted by atomic mass is 32.2. The van der Waals surface area contributed by atoms with Crippen LogP contribution in [-0.2, 0) is 14.8 Å². The Morgan fingerprint density at radius 1 is 1.14 bits per heavy atom. The molecule has 0 spiro atoms. The molecule has 0 saturated carbocycles. The Labute approximate surface area is 165 Å². The number of rotatable bonds is 6. The van der Waals surface area contributed by atoms with Crippen LogP contribution in [0.3, 0.4) is 0 Å². The van der Waals surface area contributed by atoms with E-state index in [9.17, 15) is 18.0 Å². The summed E-state index contributed by atoms with van der Waals surface area (Å²) in [5, 5.41) is 2.96. The van der Waals surface area contributed by atoms with Crippen molar-refractivity contribution in [1.29, 1.82) is 0 Å². The number of hydrogen-bond donors (Lipinski definition) is 1. The van der Waals surface area contributed by atoms with Crippen molar-refractivity contribution in [2.45, 2.75) is 44.6 Å². The summed E-state index contributed by atoms with van der Waals surface area (Å²) in [6, 6.07) is 12.0. The van der Waals surface area contributed by atoms with Crippen LogP contribution in [-0.4, -0.2) is 31.1 Å². The van der Waals surface area contributed by atoms with Crippen molar-refractivity contribution < 1.29 is 18.0 Å². The Balaban J connectivity index is 1.68. The number of carbonyl (C=O) groups is 2. The summed E-state index contributed by atoms with van der Waals surface area (Å²) in [6.07, 6.45) is 0.627. The summed E-state index contributed by atoms with van der Waals surface area (Å²) < 4.78 is 25.9. The van der Waals surface area contributed by atoms with Crippen molar-refractivity contribution in [2.75, 3.05) is 6.54 Å². The van der Waals surface area contributed by atoms with E-state index in [0.29, 0.717) is 6.42 Å². The number of sulfonamides is 1. The molecule has 2 aromatic rings. The minimum Gasteiger partial charge on any atom is -0.349 e. The second-order valence-electron chi connectivity index (χ2n) is 7.02. The van der Waals surface area contributed by atoms with Crippen LogP contribution in [0.25, 0.3) is 0 Å². The molecule has 2 aromatic carbocycles. The highest BCUT2D eigenvalue weighted by Gasteiger charge is 2.40. The first-order chi connectivity index (χ1) is 13.3. The van der Waals surface area contributed by atoms with E-state index in [0.717, 1.165) is 21.0 Å². The van der Waals surface area contributed by atoms with Crippen molar-refractivity contribution in [3.63, 3.8) is 0 Å². The molecule has 0 saturated heterocycles. The van der Waals surface area contributed by atoms with E-state index in [1.807, 2.05) is 32.9 Å². The molecule has 148 valence electrons. The molecular weight excluding hydrogens is 376 g/mol. The Morgan fingerprint density at radius 2 is 1.86 bits per heavy atom. The van der Waals surface area contributed by atoms with E-state index in [1.165, 1.54) is 12.1 Å². The first kappa shape index (κ1) is 20.1. The van der Waals surface area contributed by atoms with Crippen LogP contribution in [0.15, 0.2) is 47.4 Å². The van der Waals surface area contributed by atoms with Crippen LogP contribution >= 0.6 is 0 Å². The lowest BCUT2D eigenvalue weighted by atomic mass is 9.97. The van der Waals surface area contributed by atoms with Crippen molar-refractivity contribution >= 4 is 21.8 Å². The van der Waals surface area contributed by atoms with Gasteiger partial charge in [0.05, 0.1) is 11.6 Å². The van der Waals surface area contributed by atoms with E-state index >= 15 is 0 Å². The lowest BCUT2D eigenvalue weighted by molar-refractivity contribution is -0.121. The maximum Gasteiger partial charge on any atom is 0.269 e. The molecule has 1 aliphatic rings. The van der Waals surface area contributed by atoms with Gasteiger partial charge in [0.1, 0.15) is 4.90 Å². The maximum absolute atomic E-state index is 12.6. The molecule has 28 heavy (non-hydrogen) atoms. The molecule has 6 nitrogen and oxygen atoms in total. The van der Waals surface area contributed by atoms with Crippen molar-refractivity contribution in [1.82, 2.24) is 9.62 Å². The molecule has 1 atom stereocenters. The summed E-state index contributed by atoms with van der Waals surface area (Å²) >= 11 is 0. The number of nitrogens with zero attached hydrogens (tertiary/aromatic N) is 1. The number of nitrogens with one attached hydrogen (secondary N) is 1. The van der Waals surface area contributed by atoms with Gasteiger partial charge in [-0.1, -0.05) is 42.8 Å². The normalized spacial score (nSPS) is 16.0. The van der Waals surface area contributed by atoms with Gasteiger partial charge in [0.2, 0.25) is 5.91 Å². The fourth-order valence-electron chi connectivity index (χ4n) is 3.54. The monoisotopic (exact) mass is 400 g/mol. The first-order valence-electron chi connectivity index (χ1n) is 9.28. The second-order valence-corrected chi connectivity index (χ2v) is 8.85. The van der Waals surface area contributed by atoms with Crippen LogP contribution in [0.4, 0.5) is 0 Å². The predicted molar refractivity (Wildman–Crippen MR) is 106 cm³/mol. The zero-order valence-electron chi connectivity index (χ0n) is 16.2. The quantitative estimate of drug-likeness (QED) is 0.808. The molecule has 1 unspecified atom stereocenters. The van der Waals surface area contributed by atoms with Gasteiger partial charge in [-0.05, 0) is 43.5 Å². The number of carbonyl (C=O) groups excluding carboxylic acids is 2. The molecule has 7 heteroatoms. The number of hydrogen-bond acceptors (Lipinski definition) is 4. The molecule has 2 amide bonds. The minimum absolute atomic E-state index is 0.00197. The van der Waals surface area contributed by atoms with Gasteiger partial charge < -0.3 is 5.32 Å². The smallest absolute Gasteiger partial charge is 0.269 e. The third-order valence-corrected chi connectivity index (χ3v) is 6.84. The van der Waals surface area contributed by atoms with Crippen LogP contribution in [0.1, 0.15) is 52.9 Å². The van der Waals surface area contributed by atoms with E-state index in [-0.39, 0.29) is 35.4 Å². The summed E-state index contributed by atoms with van der Waals surface area (Å²) in [7, 11) is -3.89. The molecule has 1 heterocycles. The Kier molecular flexibility index (Phi) is 5.56. The molecular formula is C21H24N2O4S. The van der Waals surface area contributed by atoms with E-state index in [4.69, 9.17) is 0 Å². The number of fused-ring (bicyclic) bond motifs is 1. The fraction of sp³-hybridized carbons (Fsp3) is 0.333. The molecule has 0 aromatic heterocycles. The molecule has 0 fully saturated rings. The van der Waals surface area contributed by atoms with Gasteiger partial charge in [-0.3, -0.25) is 9.59 Å². The number of amides is 2. The number of aryl methyl sites for hydroxylation is 2. The van der Waals surface area contributed by atoms with Gasteiger partial charge >= 0.3 is 0 Å². The maximum atomic E-state index is 12.6. The zero-order chi connectivity index (χ0) is 20.5. The summed E-state index contributed by atoms with van der Waals surface area (Å²) in [5.74, 6) is -0.865. The van der Waals surface area contributed by atoms with Crippen molar-refractivity contribution in [3.05, 3.63) is 64.7 Å². The average Bonchev–Trinajstić information content (AvgIpc) is 2.85. The second kappa shape index (κ2) is 7.75. The first-order valence-corrected chi connectivity index (χ1v) is 10.7. The standard InChI is InChI=1S/C21H24N2O4S/c1-4-18(16-10-9-14(2)13-15(16)3)22-20(24)11-12-23-21(25)17-7-5-6-8-19(17)28(23,26)27/h5-10,13,18H,4,11-12H2,1-3H3,(H,22,24). The average molecular weight is 401 g/mol. The molecule has 1 aliphatic heterocycles. The topological polar surface area (TPSA) is 83.6 Å². The highest BCUT2D eigenvalue weighted by Crippen LogP contribution is 2.30. The lowest BCUT2D eigenvalue weighted by Crippen LogP contribution is -2.35. The number of benzene rings is 2. The molecule has 0 bridgehead atoms. The lowest BCUT2D eigenvalue weighted by Gasteiger charge is -2.21. The van der Waals surface area contributed by atoms with Gasteiger partial charge in [-0.15, -0.1) is 0 Å². The van der Waals surface area contributed by atoms with Crippen molar-refractivity contribution in [3.8, 4) is 0 Å². The summed E-state index contributed by atoms with van der Waals surface area (Å²) in [6.45, 7) is 5.83. The Morgan fingerprint density at radius 3 is 2.50 bits per heavy atom. The van der Waals surface area contributed by atoms with Crippen LogP contribution in [0.5, 0.6) is 0 Å². The van der Waals surface area contributed by atoms with Gasteiger partial charge in [0.15, 0.2) is 0 Å². The predicted octanol–water partition coefficient (Wildman–Crippen LogP) is 3.11. The van der Waals surface area contributed by atoms with Crippen LogP contribution in [0.2, 0.25) is 0 Å². The third-order valence-electron chi connectivity index (χ3n) is 5.00. The minimum atomic E-state index is -3.89. The highest BCUT2D eigenvalue weighted by molar-refractivity contribution is 7.90. The summed E-state index contributed by atoms with van der Waals surface area (Å²) in [4.78, 5) is 24.9. The van der Waals surface area contributed by atoms with Gasteiger partial charge in [0.25, 0.3) is 15.9 Å². The fourth-order valence-corrected chi connectivity index (χ4v) is 5.11. The molecule has 1 N–H and O–H groups in total. The molecule has 0 radical (unpaired) electrons. The molecule has 3 rings (SSSR count). The van der Waals surface area contributed by atoms with Gasteiger partial charge in [0, 0.05) is 13.0 Å². The Hall–Kier alpha value is -2.67. The SMILES string of the molecule is CCC(NC(=O)CCN1C(=O)c2ccccc2S1(=O)=O)c1ccc(C)cc1C. The van der Waals surface area contributed by atoms with E-state index in [2.05, 4.69) is 11.4 Å². The van der Waals surface area contributed by atoms with Crippen molar-refractivity contribution in [2.24, 2.45) is 0 Å². The third kappa shape index (κ3) is 3.67. The van der Waals surface area contributed by atoms with E-state index < -0.39 is 15.9 Å². The molecule has 0 aliphatic carbocycles. The van der Waals surface area contributed by atoms with Gasteiger partial charge in [-0.25, -0.2) is 12.7 Å². The zero-order valence-corrected chi connectivity index (χ0v) is 17.0. The summed E-state index contributed by atoms with van der Waals surface area (Å²) in [5.41, 5.74) is 3.45. The Bertz CT molecular complexity index is 1030. The van der Waals surface area contributed by atoms with Gasteiger partial charge in [-0.2, -0.15) is 0 Å². The largest absolute Gasteiger partial charge is 0.349 e. The van der Waals surface area contributed by atoms with E-state index in [1.54, 1.807) is 12.1 Å². The van der Waals surface area contributed by atoms with Crippen LogP contribution < -0.4 is 5.32 Å². The van der Waals surface area contributed by atoms with Crippen LogP contribution in [0, 0.1) is 13.8 Å².